The third-order valence-corrected chi connectivity index (χ3v) is 1.94. The van der Waals surface area contributed by atoms with Crippen molar-refractivity contribution in [3.63, 3.8) is 0 Å². The van der Waals surface area contributed by atoms with E-state index in [9.17, 15) is 9.59 Å². The van der Waals surface area contributed by atoms with E-state index in [0.29, 0.717) is 26.0 Å². The van der Waals surface area contributed by atoms with Crippen molar-refractivity contribution < 1.29 is 14.3 Å². The number of ether oxygens (including phenoxy) is 1. The molecule has 11 heavy (non-hydrogen) atoms. The van der Waals surface area contributed by atoms with E-state index in [2.05, 4.69) is 0 Å². The standard InChI is InChI=1S/C7H9NO3/c9-6-1-2-7(10)8(6)3-5-4-11-5/h5H,1-4H2. The van der Waals surface area contributed by atoms with Crippen molar-refractivity contribution in [2.45, 2.75) is 18.9 Å². The summed E-state index contributed by atoms with van der Waals surface area (Å²) in [7, 11) is 0. The largest absolute Gasteiger partial charge is 0.371 e. The zero-order valence-electron chi connectivity index (χ0n) is 6.08. The van der Waals surface area contributed by atoms with Gasteiger partial charge in [0.2, 0.25) is 11.8 Å². The van der Waals surface area contributed by atoms with Crippen molar-refractivity contribution in [2.24, 2.45) is 0 Å². The molecule has 0 aromatic carbocycles. The molecule has 2 aliphatic heterocycles. The Morgan fingerprint density at radius 2 is 1.91 bits per heavy atom. The van der Waals surface area contributed by atoms with Crippen LogP contribution in [0.4, 0.5) is 0 Å². The van der Waals surface area contributed by atoms with Crippen LogP contribution in [-0.4, -0.2) is 36.0 Å². The van der Waals surface area contributed by atoms with E-state index in [0.717, 1.165) is 0 Å². The summed E-state index contributed by atoms with van der Waals surface area (Å²) in [6.45, 7) is 1.16. The van der Waals surface area contributed by atoms with Crippen LogP contribution in [0.3, 0.4) is 0 Å². The van der Waals surface area contributed by atoms with Gasteiger partial charge in [-0.3, -0.25) is 14.5 Å². The van der Waals surface area contributed by atoms with E-state index in [-0.39, 0.29) is 17.9 Å². The van der Waals surface area contributed by atoms with Gasteiger partial charge in [0.1, 0.15) is 0 Å². The first-order valence-corrected chi connectivity index (χ1v) is 3.72. The first-order chi connectivity index (χ1) is 5.27. The van der Waals surface area contributed by atoms with Gasteiger partial charge in [-0.25, -0.2) is 0 Å². The van der Waals surface area contributed by atoms with Gasteiger partial charge in [0, 0.05) is 12.8 Å². The van der Waals surface area contributed by atoms with Gasteiger partial charge < -0.3 is 4.74 Å². The zero-order valence-corrected chi connectivity index (χ0v) is 6.08. The van der Waals surface area contributed by atoms with Gasteiger partial charge in [-0.05, 0) is 0 Å². The highest BCUT2D eigenvalue weighted by atomic mass is 16.6. The fourth-order valence-electron chi connectivity index (χ4n) is 1.20. The van der Waals surface area contributed by atoms with E-state index < -0.39 is 0 Å². The van der Waals surface area contributed by atoms with Gasteiger partial charge in [-0.2, -0.15) is 0 Å². The molecule has 1 atom stereocenters. The van der Waals surface area contributed by atoms with Gasteiger partial charge in [0.05, 0.1) is 19.3 Å². The van der Waals surface area contributed by atoms with Crippen LogP contribution < -0.4 is 0 Å². The van der Waals surface area contributed by atoms with E-state index in [1.165, 1.54) is 4.90 Å². The molecule has 2 saturated heterocycles. The Morgan fingerprint density at radius 1 is 1.36 bits per heavy atom. The zero-order chi connectivity index (χ0) is 7.84. The Kier molecular flexibility index (Phi) is 1.42. The van der Waals surface area contributed by atoms with Gasteiger partial charge in [0.25, 0.3) is 0 Å². The molecular formula is C7H9NO3. The molecule has 0 aromatic rings. The molecule has 0 spiro atoms. The number of carbonyl (C=O) groups is 2. The fourth-order valence-corrected chi connectivity index (χ4v) is 1.20. The summed E-state index contributed by atoms with van der Waals surface area (Å²) in [5.74, 6) is -0.101. The number of carbonyl (C=O) groups excluding carboxylic acids is 2. The topological polar surface area (TPSA) is 49.9 Å². The lowest BCUT2D eigenvalue weighted by Crippen LogP contribution is -2.32. The summed E-state index contributed by atoms with van der Waals surface area (Å²) in [5.41, 5.74) is 0. The average molecular weight is 155 g/mol. The second kappa shape index (κ2) is 2.30. The van der Waals surface area contributed by atoms with Crippen molar-refractivity contribution >= 4 is 11.8 Å². The van der Waals surface area contributed by atoms with Crippen molar-refractivity contribution in [1.29, 1.82) is 0 Å². The molecule has 0 radical (unpaired) electrons. The van der Waals surface area contributed by atoms with Crippen LogP contribution in [0.25, 0.3) is 0 Å². The molecular weight excluding hydrogens is 146 g/mol. The van der Waals surface area contributed by atoms with Crippen LogP contribution in [0, 0.1) is 0 Å². The fraction of sp³-hybridized carbons (Fsp3) is 0.714. The van der Waals surface area contributed by atoms with E-state index >= 15 is 0 Å². The molecule has 60 valence electrons. The monoisotopic (exact) mass is 155 g/mol. The molecule has 2 aliphatic rings. The van der Waals surface area contributed by atoms with Crippen LogP contribution >= 0.6 is 0 Å². The predicted molar refractivity (Wildman–Crippen MR) is 35.7 cm³/mol. The molecule has 4 heteroatoms. The summed E-state index contributed by atoms with van der Waals surface area (Å²) in [6.07, 6.45) is 0.887. The summed E-state index contributed by atoms with van der Waals surface area (Å²) in [6, 6.07) is 0. The average Bonchev–Trinajstić information content (AvgIpc) is 2.73. The number of imide groups is 1. The lowest BCUT2D eigenvalue weighted by atomic mass is 10.4. The summed E-state index contributed by atoms with van der Waals surface area (Å²) in [4.78, 5) is 23.3. The summed E-state index contributed by atoms with van der Waals surface area (Å²) >= 11 is 0. The van der Waals surface area contributed by atoms with Gasteiger partial charge in [-0.1, -0.05) is 0 Å². The van der Waals surface area contributed by atoms with Crippen LogP contribution in [0.1, 0.15) is 12.8 Å². The smallest absolute Gasteiger partial charge is 0.229 e. The number of amides is 2. The van der Waals surface area contributed by atoms with Crippen LogP contribution in [-0.2, 0) is 14.3 Å². The molecule has 2 amide bonds. The first-order valence-electron chi connectivity index (χ1n) is 3.72. The van der Waals surface area contributed by atoms with Crippen molar-refractivity contribution in [1.82, 2.24) is 4.90 Å². The Hall–Kier alpha value is -0.900. The van der Waals surface area contributed by atoms with Gasteiger partial charge in [-0.15, -0.1) is 0 Å². The molecule has 2 heterocycles. The number of epoxide rings is 1. The lowest BCUT2D eigenvalue weighted by molar-refractivity contribution is -0.138. The first kappa shape index (κ1) is 6.79. The molecule has 0 aromatic heterocycles. The van der Waals surface area contributed by atoms with Gasteiger partial charge in [0.15, 0.2) is 0 Å². The normalized spacial score (nSPS) is 29.8. The molecule has 4 nitrogen and oxygen atoms in total. The number of rotatable bonds is 2. The lowest BCUT2D eigenvalue weighted by Gasteiger charge is -2.10. The van der Waals surface area contributed by atoms with E-state index in [1.807, 2.05) is 0 Å². The second-order valence-electron chi connectivity index (χ2n) is 2.85. The summed E-state index contributed by atoms with van der Waals surface area (Å²) < 4.78 is 4.92. The number of hydrogen-bond donors (Lipinski definition) is 0. The minimum atomic E-state index is -0.0505. The third kappa shape index (κ3) is 1.26. The third-order valence-electron chi connectivity index (χ3n) is 1.94. The highest BCUT2D eigenvalue weighted by Gasteiger charge is 2.34. The Balaban J connectivity index is 1.97. The quantitative estimate of drug-likeness (QED) is 0.400. The molecule has 2 fully saturated rings. The minimum Gasteiger partial charge on any atom is -0.371 e. The maximum atomic E-state index is 11.0. The Morgan fingerprint density at radius 3 is 2.36 bits per heavy atom. The molecule has 0 N–H and O–H groups in total. The Labute approximate surface area is 64.1 Å². The maximum Gasteiger partial charge on any atom is 0.229 e. The van der Waals surface area contributed by atoms with Crippen molar-refractivity contribution in [3.05, 3.63) is 0 Å². The molecule has 0 aliphatic carbocycles. The van der Waals surface area contributed by atoms with E-state index in [1.54, 1.807) is 0 Å². The van der Waals surface area contributed by atoms with Crippen LogP contribution in [0.15, 0.2) is 0 Å². The van der Waals surface area contributed by atoms with Crippen molar-refractivity contribution in [3.8, 4) is 0 Å². The highest BCUT2D eigenvalue weighted by molar-refractivity contribution is 6.01. The van der Waals surface area contributed by atoms with Crippen LogP contribution in [0.5, 0.6) is 0 Å². The SMILES string of the molecule is O=C1CCC(=O)N1CC1CO1. The van der Waals surface area contributed by atoms with Crippen molar-refractivity contribution in [2.75, 3.05) is 13.2 Å². The van der Waals surface area contributed by atoms with Crippen LogP contribution in [0.2, 0.25) is 0 Å². The second-order valence-corrected chi connectivity index (χ2v) is 2.85. The summed E-state index contributed by atoms with van der Waals surface area (Å²) in [5, 5.41) is 0. The number of nitrogens with zero attached hydrogens (tertiary/aromatic N) is 1. The van der Waals surface area contributed by atoms with E-state index in [4.69, 9.17) is 4.74 Å². The molecule has 0 bridgehead atoms. The Bertz CT molecular complexity index is 194. The molecule has 2 rings (SSSR count). The minimum absolute atomic E-state index is 0.0505. The molecule has 1 unspecified atom stereocenters. The number of likely N-dealkylation sites (tertiary alicyclic amines) is 1. The molecule has 0 saturated carbocycles. The number of hydrogen-bond acceptors (Lipinski definition) is 3. The van der Waals surface area contributed by atoms with Gasteiger partial charge >= 0.3 is 0 Å². The predicted octanol–water partition coefficient (Wildman–Crippen LogP) is -0.466. The highest BCUT2D eigenvalue weighted by Crippen LogP contribution is 2.17. The maximum absolute atomic E-state index is 11.0.